The van der Waals surface area contributed by atoms with Crippen LogP contribution in [0.2, 0.25) is 0 Å². The number of carbonyl (C=O) groups excluding carboxylic acids is 4. The van der Waals surface area contributed by atoms with Gasteiger partial charge in [-0.3, -0.25) is 24.4 Å². The number of benzene rings is 2. The number of aromatic nitrogens is 1. The average Bonchev–Trinajstić information content (AvgIpc) is 3.00. The zero-order valence-corrected chi connectivity index (χ0v) is 23.8. The van der Waals surface area contributed by atoms with Crippen molar-refractivity contribution in [2.45, 2.75) is 64.1 Å². The molecule has 1 aliphatic rings. The highest BCUT2D eigenvalue weighted by atomic mass is 16.4. The first-order valence-corrected chi connectivity index (χ1v) is 14.2. The number of aryl methyl sites for hydroxylation is 1. The van der Waals surface area contributed by atoms with E-state index in [1.165, 1.54) is 17.5 Å². The summed E-state index contributed by atoms with van der Waals surface area (Å²) in [7, 11) is 0. The number of carboxylic acid groups (broad SMARTS) is 1. The molecule has 0 spiro atoms. The van der Waals surface area contributed by atoms with Gasteiger partial charge in [0.25, 0.3) is 5.91 Å². The van der Waals surface area contributed by atoms with Crippen molar-refractivity contribution in [3.05, 3.63) is 83.7 Å². The third-order valence-corrected chi connectivity index (χ3v) is 7.21. The molecule has 1 saturated heterocycles. The summed E-state index contributed by atoms with van der Waals surface area (Å²) in [5, 5.41) is 20.0. The van der Waals surface area contributed by atoms with E-state index in [1.54, 1.807) is 18.3 Å². The van der Waals surface area contributed by atoms with E-state index in [4.69, 9.17) is 0 Å². The summed E-state index contributed by atoms with van der Waals surface area (Å²) in [5.41, 5.74) is 5.45. The van der Waals surface area contributed by atoms with E-state index < -0.39 is 35.9 Å². The molecule has 0 radical (unpaired) electrons. The molecule has 1 aliphatic heterocycles. The van der Waals surface area contributed by atoms with Gasteiger partial charge in [0, 0.05) is 31.0 Å². The van der Waals surface area contributed by atoms with Crippen LogP contribution < -0.4 is 21.2 Å². The fourth-order valence-electron chi connectivity index (χ4n) is 4.84. The molecular formula is C32H36N5O5-. The molecule has 3 amide bonds. The molecule has 220 valence electrons. The lowest BCUT2D eigenvalue weighted by Crippen LogP contribution is -2.62. The Labute approximate surface area is 245 Å². The molecule has 0 saturated carbocycles. The van der Waals surface area contributed by atoms with Crippen LogP contribution in [0.4, 0.5) is 0 Å². The number of hydrazine groups is 1. The summed E-state index contributed by atoms with van der Waals surface area (Å²) >= 11 is 0. The summed E-state index contributed by atoms with van der Waals surface area (Å²) in [4.78, 5) is 54.8. The summed E-state index contributed by atoms with van der Waals surface area (Å²) < 4.78 is 0. The lowest BCUT2D eigenvalue weighted by Gasteiger charge is -2.36. The Morgan fingerprint density at radius 1 is 1.07 bits per heavy atom. The van der Waals surface area contributed by atoms with Crippen LogP contribution in [0.15, 0.2) is 66.9 Å². The lowest BCUT2D eigenvalue weighted by atomic mass is 10.0. The van der Waals surface area contributed by atoms with Gasteiger partial charge in [0.15, 0.2) is 0 Å². The van der Waals surface area contributed by atoms with E-state index >= 15 is 0 Å². The van der Waals surface area contributed by atoms with Crippen LogP contribution in [0.1, 0.15) is 49.9 Å². The Morgan fingerprint density at radius 2 is 1.86 bits per heavy atom. The summed E-state index contributed by atoms with van der Waals surface area (Å²) in [5.74, 6) is -2.64. The number of rotatable bonds is 11. The van der Waals surface area contributed by atoms with Gasteiger partial charge in [-0.05, 0) is 54.8 Å². The minimum absolute atomic E-state index is 0.0318. The van der Waals surface area contributed by atoms with Crippen molar-refractivity contribution >= 4 is 40.5 Å². The number of nitrogens with one attached hydrogen (secondary N) is 3. The van der Waals surface area contributed by atoms with Gasteiger partial charge in [0.05, 0.1) is 17.7 Å². The summed E-state index contributed by atoms with van der Waals surface area (Å²) in [6.45, 7) is 3.94. The second-order valence-corrected chi connectivity index (χ2v) is 10.4. The smallest absolute Gasteiger partial charge is 0.258 e. The maximum Gasteiger partial charge on any atom is 0.258 e. The topological polar surface area (TPSA) is 144 Å². The second-order valence-electron chi connectivity index (χ2n) is 10.4. The van der Waals surface area contributed by atoms with E-state index in [2.05, 4.69) is 40.1 Å². The zero-order valence-electron chi connectivity index (χ0n) is 23.8. The second kappa shape index (κ2) is 14.4. The van der Waals surface area contributed by atoms with Crippen LogP contribution in [0.25, 0.3) is 16.8 Å². The zero-order chi connectivity index (χ0) is 30.1. The Hall–Kier alpha value is -4.57. The molecule has 10 heteroatoms. The van der Waals surface area contributed by atoms with Crippen molar-refractivity contribution in [1.29, 1.82) is 0 Å². The predicted octanol–water partition coefficient (Wildman–Crippen LogP) is 1.68. The fourth-order valence-corrected chi connectivity index (χ4v) is 4.84. The van der Waals surface area contributed by atoms with Crippen LogP contribution in [-0.2, 0) is 32.0 Å². The quantitative estimate of drug-likeness (QED) is 0.318. The SMILES string of the molecule is CCc1ccc2cnc(/C=C/CC(=O)N[C@@H](Cc3ccccc3)C(=O)N[C@@H](C)C(=O)N3CCC[C@@H](C(=O)[O-])N3)cc2c1. The number of amides is 3. The number of carboxylic acids is 1. The summed E-state index contributed by atoms with van der Waals surface area (Å²) in [6.07, 6.45) is 7.31. The Balaban J connectivity index is 1.39. The van der Waals surface area contributed by atoms with Crippen LogP contribution in [0, 0.1) is 0 Å². The van der Waals surface area contributed by atoms with Gasteiger partial charge in [-0.2, -0.15) is 0 Å². The molecule has 42 heavy (non-hydrogen) atoms. The predicted molar refractivity (Wildman–Crippen MR) is 157 cm³/mol. The van der Waals surface area contributed by atoms with E-state index in [-0.39, 0.29) is 18.7 Å². The Kier molecular flexibility index (Phi) is 10.4. The molecule has 3 atom stereocenters. The first kappa shape index (κ1) is 30.4. The number of hydrogen-bond donors (Lipinski definition) is 3. The van der Waals surface area contributed by atoms with Gasteiger partial charge < -0.3 is 20.5 Å². The molecule has 4 rings (SSSR count). The molecule has 3 aromatic rings. The highest BCUT2D eigenvalue weighted by molar-refractivity contribution is 5.92. The third kappa shape index (κ3) is 8.23. The lowest BCUT2D eigenvalue weighted by molar-refractivity contribution is -0.310. The molecular weight excluding hydrogens is 534 g/mol. The molecule has 1 fully saturated rings. The number of carbonyl (C=O) groups is 4. The van der Waals surface area contributed by atoms with Crippen molar-refractivity contribution in [2.75, 3.05) is 6.54 Å². The number of pyridine rings is 1. The maximum atomic E-state index is 13.3. The van der Waals surface area contributed by atoms with Gasteiger partial charge in [-0.25, -0.2) is 5.43 Å². The van der Waals surface area contributed by atoms with Gasteiger partial charge in [-0.15, -0.1) is 0 Å². The third-order valence-electron chi connectivity index (χ3n) is 7.21. The first-order chi connectivity index (χ1) is 20.2. The van der Waals surface area contributed by atoms with Crippen molar-refractivity contribution < 1.29 is 24.3 Å². The monoisotopic (exact) mass is 570 g/mol. The highest BCUT2D eigenvalue weighted by Crippen LogP contribution is 2.17. The van der Waals surface area contributed by atoms with Gasteiger partial charge in [-0.1, -0.05) is 61.5 Å². The van der Waals surface area contributed by atoms with E-state index in [9.17, 15) is 24.3 Å². The van der Waals surface area contributed by atoms with E-state index in [0.717, 1.165) is 28.5 Å². The van der Waals surface area contributed by atoms with Gasteiger partial charge in [0.1, 0.15) is 12.1 Å². The average molecular weight is 571 g/mol. The van der Waals surface area contributed by atoms with E-state index in [1.807, 2.05) is 42.5 Å². The number of hydrogen-bond acceptors (Lipinski definition) is 7. The van der Waals surface area contributed by atoms with Crippen LogP contribution >= 0.6 is 0 Å². The van der Waals surface area contributed by atoms with E-state index in [0.29, 0.717) is 19.4 Å². The Morgan fingerprint density at radius 3 is 2.60 bits per heavy atom. The number of nitrogens with zero attached hydrogens (tertiary/aromatic N) is 2. The minimum atomic E-state index is -1.29. The molecule has 2 aromatic carbocycles. The Bertz CT molecular complexity index is 1460. The largest absolute Gasteiger partial charge is 0.548 e. The van der Waals surface area contributed by atoms with Crippen molar-refractivity contribution in [3.63, 3.8) is 0 Å². The first-order valence-electron chi connectivity index (χ1n) is 14.2. The van der Waals surface area contributed by atoms with Crippen LogP contribution in [0.5, 0.6) is 0 Å². The van der Waals surface area contributed by atoms with Crippen molar-refractivity contribution in [1.82, 2.24) is 26.1 Å². The molecule has 1 aromatic heterocycles. The number of fused-ring (bicyclic) bond motifs is 1. The molecule has 2 heterocycles. The molecule has 10 nitrogen and oxygen atoms in total. The molecule has 3 N–H and O–H groups in total. The molecule has 0 aliphatic carbocycles. The standard InChI is InChI=1S/C32H37N5O5/c1-3-22-14-15-24-20-33-26(19-25(24)17-22)11-7-13-29(38)35-28(18-23-9-5-4-6-10-23)30(39)34-21(2)31(40)37-16-8-12-27(36-37)32(41)42/h4-7,9-11,14-15,17,19-21,27-28,36H,3,8,12-13,16,18H2,1-2H3,(H,34,39)(H,35,38)(H,41,42)/p-1/b11-7+/t21-,27-,28-/m0/s1. The van der Waals surface area contributed by atoms with Crippen LogP contribution in [-0.4, -0.2) is 58.4 Å². The van der Waals surface area contributed by atoms with Crippen molar-refractivity contribution in [3.8, 4) is 0 Å². The summed E-state index contributed by atoms with van der Waals surface area (Å²) in [6, 6.07) is 14.6. The fraction of sp³-hybridized carbons (Fsp3) is 0.344. The highest BCUT2D eigenvalue weighted by Gasteiger charge is 2.30. The van der Waals surface area contributed by atoms with Crippen molar-refractivity contribution in [2.24, 2.45) is 0 Å². The normalized spacial score (nSPS) is 16.6. The maximum absolute atomic E-state index is 13.3. The van der Waals surface area contributed by atoms with Gasteiger partial charge >= 0.3 is 0 Å². The molecule has 0 unspecified atom stereocenters. The van der Waals surface area contributed by atoms with Crippen LogP contribution in [0.3, 0.4) is 0 Å². The number of aliphatic carboxylic acids is 1. The minimum Gasteiger partial charge on any atom is -0.548 e. The van der Waals surface area contributed by atoms with Gasteiger partial charge in [0.2, 0.25) is 11.8 Å². The molecule has 0 bridgehead atoms.